The smallest absolute Gasteiger partial charge is 0.303 e. The van der Waals surface area contributed by atoms with E-state index in [1.807, 2.05) is 0 Å². The van der Waals surface area contributed by atoms with Gasteiger partial charge < -0.3 is 5.11 Å². The van der Waals surface area contributed by atoms with E-state index >= 15 is 0 Å². The van der Waals surface area contributed by atoms with Gasteiger partial charge in [0, 0.05) is 6.42 Å². The molecule has 0 saturated heterocycles. The molecule has 4 aliphatic carbocycles. The van der Waals surface area contributed by atoms with Crippen molar-refractivity contribution >= 4 is 5.97 Å². The van der Waals surface area contributed by atoms with Gasteiger partial charge in [0.2, 0.25) is 0 Å². The van der Waals surface area contributed by atoms with E-state index in [1.54, 1.807) is 6.42 Å². The molecule has 0 amide bonds. The van der Waals surface area contributed by atoms with Crippen molar-refractivity contribution in [3.05, 3.63) is 0 Å². The van der Waals surface area contributed by atoms with E-state index in [0.29, 0.717) is 17.3 Å². The Balaban J connectivity index is 1.24. The highest BCUT2D eigenvalue weighted by Crippen LogP contribution is 2.68. The Morgan fingerprint density at radius 1 is 0.763 bits per heavy atom. The molecule has 38 heavy (non-hydrogen) atoms. The maximum absolute atomic E-state index is 10.7. The van der Waals surface area contributed by atoms with E-state index in [-0.39, 0.29) is 0 Å². The topological polar surface area (TPSA) is 37.3 Å². The average Bonchev–Trinajstić information content (AvgIpc) is 3.22. The van der Waals surface area contributed by atoms with Gasteiger partial charge in [-0.15, -0.1) is 0 Å². The lowest BCUT2D eigenvalue weighted by atomic mass is 9.44. The molecule has 0 bridgehead atoms. The first kappa shape index (κ1) is 30.4. The minimum absolute atomic E-state index is 0.349. The number of unbranched alkanes of at least 4 members (excludes halogenated alkanes) is 5. The van der Waals surface area contributed by atoms with Gasteiger partial charge in [0.1, 0.15) is 0 Å². The number of carbonyl (C=O) groups is 1. The summed E-state index contributed by atoms with van der Waals surface area (Å²) in [5, 5.41) is 8.78. The highest BCUT2D eigenvalue weighted by atomic mass is 16.4. The summed E-state index contributed by atoms with van der Waals surface area (Å²) in [6, 6.07) is 0. The lowest BCUT2D eigenvalue weighted by molar-refractivity contribution is -0.137. The van der Waals surface area contributed by atoms with E-state index in [2.05, 4.69) is 34.6 Å². The Bertz CT molecular complexity index is 744. The van der Waals surface area contributed by atoms with Crippen LogP contribution in [0.3, 0.4) is 0 Å². The molecule has 0 aliphatic heterocycles. The van der Waals surface area contributed by atoms with Crippen molar-refractivity contribution in [2.45, 2.75) is 163 Å². The van der Waals surface area contributed by atoms with Gasteiger partial charge in [-0.1, -0.05) is 92.4 Å². The highest BCUT2D eigenvalue weighted by Gasteiger charge is 2.60. The van der Waals surface area contributed by atoms with Crippen molar-refractivity contribution in [2.75, 3.05) is 0 Å². The van der Waals surface area contributed by atoms with E-state index < -0.39 is 5.97 Å². The quantitative estimate of drug-likeness (QED) is 0.228. The molecular formula is C36H64O2. The number of fused-ring (bicyclic) bond motifs is 5. The van der Waals surface area contributed by atoms with Crippen molar-refractivity contribution in [1.29, 1.82) is 0 Å². The first-order valence-corrected chi connectivity index (χ1v) is 17.4. The Morgan fingerprint density at radius 2 is 1.45 bits per heavy atom. The van der Waals surface area contributed by atoms with Gasteiger partial charge >= 0.3 is 5.97 Å². The molecule has 4 saturated carbocycles. The second-order valence-corrected chi connectivity index (χ2v) is 15.9. The van der Waals surface area contributed by atoms with Gasteiger partial charge in [0.15, 0.2) is 0 Å². The molecule has 4 rings (SSSR count). The van der Waals surface area contributed by atoms with Crippen molar-refractivity contribution < 1.29 is 9.90 Å². The van der Waals surface area contributed by atoms with Gasteiger partial charge in [0.05, 0.1) is 0 Å². The SMILES string of the molecule is CC(C)CCC[C@@H](C)[C@H]1CCC2C3CCC4CC(CCCCCCCCC(=O)O)CC[C@]4(C)C3CC[C@@]21C. The zero-order valence-electron chi connectivity index (χ0n) is 26.1. The average molecular weight is 529 g/mol. The molecule has 1 N–H and O–H groups in total. The highest BCUT2D eigenvalue weighted by molar-refractivity contribution is 5.66. The number of carboxylic acids is 1. The van der Waals surface area contributed by atoms with Crippen molar-refractivity contribution in [3.8, 4) is 0 Å². The second kappa shape index (κ2) is 13.4. The largest absolute Gasteiger partial charge is 0.481 e. The fraction of sp³-hybridized carbons (Fsp3) is 0.972. The summed E-state index contributed by atoms with van der Waals surface area (Å²) in [7, 11) is 0. The molecule has 220 valence electrons. The lowest BCUT2D eigenvalue weighted by Crippen LogP contribution is -2.53. The molecule has 2 nitrogen and oxygen atoms in total. The predicted octanol–water partition coefficient (Wildman–Crippen LogP) is 10.9. The Labute approximate surface area is 236 Å². The van der Waals surface area contributed by atoms with Crippen molar-refractivity contribution in [2.24, 2.45) is 58.2 Å². The van der Waals surface area contributed by atoms with Crippen LogP contribution in [0, 0.1) is 58.2 Å². The van der Waals surface area contributed by atoms with E-state index in [4.69, 9.17) is 5.11 Å². The van der Waals surface area contributed by atoms with Crippen LogP contribution in [-0.2, 0) is 4.79 Å². The number of carboxylic acid groups (broad SMARTS) is 1. The molecule has 4 aliphatic rings. The van der Waals surface area contributed by atoms with E-state index in [1.165, 1.54) is 103 Å². The summed E-state index contributed by atoms with van der Waals surface area (Å²) in [6.07, 6.45) is 27.1. The maximum atomic E-state index is 10.7. The molecule has 0 radical (unpaired) electrons. The first-order valence-electron chi connectivity index (χ1n) is 17.4. The zero-order valence-corrected chi connectivity index (χ0v) is 26.1. The van der Waals surface area contributed by atoms with Crippen LogP contribution >= 0.6 is 0 Å². The Kier molecular flexibility index (Phi) is 10.7. The van der Waals surface area contributed by atoms with Crippen LogP contribution in [0.2, 0.25) is 0 Å². The summed E-state index contributed by atoms with van der Waals surface area (Å²) in [6.45, 7) is 12.9. The molecule has 0 aromatic rings. The maximum Gasteiger partial charge on any atom is 0.303 e. The normalized spacial score (nSPS) is 39.4. The van der Waals surface area contributed by atoms with Crippen molar-refractivity contribution in [3.63, 3.8) is 0 Å². The summed E-state index contributed by atoms with van der Waals surface area (Å²) in [5.41, 5.74) is 1.26. The second-order valence-electron chi connectivity index (χ2n) is 15.9. The first-order chi connectivity index (χ1) is 18.1. The van der Waals surface area contributed by atoms with E-state index in [9.17, 15) is 4.79 Å². The Morgan fingerprint density at radius 3 is 2.18 bits per heavy atom. The van der Waals surface area contributed by atoms with Crippen LogP contribution in [0.25, 0.3) is 0 Å². The molecule has 5 unspecified atom stereocenters. The van der Waals surface area contributed by atoms with Crippen LogP contribution in [0.15, 0.2) is 0 Å². The predicted molar refractivity (Wildman–Crippen MR) is 161 cm³/mol. The molecule has 0 aromatic carbocycles. The summed E-state index contributed by atoms with van der Waals surface area (Å²) < 4.78 is 0. The zero-order chi connectivity index (χ0) is 27.3. The minimum atomic E-state index is -0.639. The third-order valence-electron chi connectivity index (χ3n) is 13.2. The molecular weight excluding hydrogens is 464 g/mol. The monoisotopic (exact) mass is 528 g/mol. The number of hydrogen-bond donors (Lipinski definition) is 1. The number of aliphatic carboxylic acids is 1. The molecule has 4 fully saturated rings. The lowest BCUT2D eigenvalue weighted by Gasteiger charge is -2.61. The van der Waals surface area contributed by atoms with Crippen LogP contribution in [0.4, 0.5) is 0 Å². The minimum Gasteiger partial charge on any atom is -0.481 e. The van der Waals surface area contributed by atoms with Gasteiger partial charge in [-0.05, 0) is 122 Å². The molecule has 0 heterocycles. The third-order valence-corrected chi connectivity index (χ3v) is 13.2. The molecule has 0 spiro atoms. The Hall–Kier alpha value is -0.530. The fourth-order valence-corrected chi connectivity index (χ4v) is 11.0. The molecule has 2 heteroatoms. The standard InChI is InChI=1S/C36H64O2/c1-26(2)13-12-14-27(3)31-19-20-32-30-18-17-29-25-28(15-10-8-6-7-9-11-16-34(37)38)21-23-35(29,4)33(30)22-24-36(31,32)5/h26-33H,6-25H2,1-5H3,(H,37,38)/t27-,28?,29?,30?,31-,32?,33?,35+,36-/m1/s1. The molecule has 9 atom stereocenters. The van der Waals surface area contributed by atoms with Crippen LogP contribution in [-0.4, -0.2) is 11.1 Å². The summed E-state index contributed by atoms with van der Waals surface area (Å²) >= 11 is 0. The van der Waals surface area contributed by atoms with Crippen molar-refractivity contribution in [1.82, 2.24) is 0 Å². The van der Waals surface area contributed by atoms with Crippen LogP contribution < -0.4 is 0 Å². The third kappa shape index (κ3) is 6.84. The van der Waals surface area contributed by atoms with Crippen LogP contribution in [0.5, 0.6) is 0 Å². The van der Waals surface area contributed by atoms with Gasteiger partial charge in [-0.25, -0.2) is 0 Å². The van der Waals surface area contributed by atoms with Gasteiger partial charge in [0.25, 0.3) is 0 Å². The summed E-state index contributed by atoms with van der Waals surface area (Å²) in [5.74, 6) is 7.17. The van der Waals surface area contributed by atoms with E-state index in [0.717, 1.165) is 60.2 Å². The number of rotatable bonds is 14. The summed E-state index contributed by atoms with van der Waals surface area (Å²) in [4.78, 5) is 10.7. The van der Waals surface area contributed by atoms with Gasteiger partial charge in [-0.3, -0.25) is 4.79 Å². The fourth-order valence-electron chi connectivity index (χ4n) is 11.0. The van der Waals surface area contributed by atoms with Crippen LogP contribution in [0.1, 0.15) is 163 Å². The van der Waals surface area contributed by atoms with Gasteiger partial charge in [-0.2, -0.15) is 0 Å². The molecule has 0 aromatic heterocycles. The number of hydrogen-bond acceptors (Lipinski definition) is 1.